The molecule has 1 N–H and O–H groups in total. The maximum absolute atomic E-state index is 11.0. The molecule has 0 spiro atoms. The molecule has 0 aliphatic carbocycles. The number of aliphatic carboxylic acids is 1. The third-order valence-electron chi connectivity index (χ3n) is 2.23. The summed E-state index contributed by atoms with van der Waals surface area (Å²) in [7, 11) is 0. The fourth-order valence-corrected chi connectivity index (χ4v) is 1.27. The predicted molar refractivity (Wildman–Crippen MR) is 66.1 cm³/mol. The second-order valence-electron chi connectivity index (χ2n) is 3.69. The largest absolute Gasteiger partial charge is 0.477 e. The Morgan fingerprint density at radius 1 is 1.35 bits per heavy atom. The molecule has 1 aromatic carbocycles. The van der Waals surface area contributed by atoms with E-state index in [1.165, 1.54) is 0 Å². The van der Waals surface area contributed by atoms with Crippen molar-refractivity contribution in [1.29, 1.82) is 0 Å². The highest BCUT2D eigenvalue weighted by atomic mass is 16.6. The lowest BCUT2D eigenvalue weighted by Gasteiger charge is -2.02. The standard InChI is InChI=1S/C13H17NO3/c1-2-3-9-17-14-12(13(15)16)10-11-7-5-4-6-8-11/h4-8H,2-3,9-10H2,1H3,(H,15,16)/b14-12+. The lowest BCUT2D eigenvalue weighted by molar-refractivity contribution is -0.129. The fourth-order valence-electron chi connectivity index (χ4n) is 1.27. The molecular weight excluding hydrogens is 218 g/mol. The van der Waals surface area contributed by atoms with Crippen molar-refractivity contribution in [3.05, 3.63) is 35.9 Å². The quantitative estimate of drug-likeness (QED) is 0.448. The Labute approximate surface area is 101 Å². The monoisotopic (exact) mass is 235 g/mol. The Bertz CT molecular complexity index is 374. The van der Waals surface area contributed by atoms with Gasteiger partial charge in [0.1, 0.15) is 6.61 Å². The van der Waals surface area contributed by atoms with Crippen molar-refractivity contribution in [2.45, 2.75) is 26.2 Å². The Morgan fingerprint density at radius 2 is 2.06 bits per heavy atom. The molecule has 0 bridgehead atoms. The van der Waals surface area contributed by atoms with Crippen molar-refractivity contribution < 1.29 is 14.7 Å². The number of nitrogens with zero attached hydrogens (tertiary/aromatic N) is 1. The number of carbonyl (C=O) groups is 1. The van der Waals surface area contributed by atoms with Crippen molar-refractivity contribution in [3.63, 3.8) is 0 Å². The second-order valence-corrected chi connectivity index (χ2v) is 3.69. The first-order valence-electron chi connectivity index (χ1n) is 5.70. The fraction of sp³-hybridized carbons (Fsp3) is 0.385. The average Bonchev–Trinajstić information content (AvgIpc) is 2.34. The van der Waals surface area contributed by atoms with E-state index < -0.39 is 5.97 Å². The van der Waals surface area contributed by atoms with E-state index in [2.05, 4.69) is 5.16 Å². The third kappa shape index (κ3) is 5.15. The molecule has 0 heterocycles. The molecule has 92 valence electrons. The number of unbranched alkanes of at least 4 members (excludes halogenated alkanes) is 1. The summed E-state index contributed by atoms with van der Waals surface area (Å²) in [6.07, 6.45) is 2.15. The minimum Gasteiger partial charge on any atom is -0.477 e. The van der Waals surface area contributed by atoms with Crippen molar-refractivity contribution in [3.8, 4) is 0 Å². The van der Waals surface area contributed by atoms with Crippen LogP contribution in [0.15, 0.2) is 35.5 Å². The predicted octanol–water partition coefficient (Wildman–Crippen LogP) is 2.49. The molecule has 0 amide bonds. The summed E-state index contributed by atoms with van der Waals surface area (Å²) >= 11 is 0. The van der Waals surface area contributed by atoms with E-state index in [-0.39, 0.29) is 12.1 Å². The molecule has 0 saturated carbocycles. The molecule has 0 radical (unpaired) electrons. The first-order valence-corrected chi connectivity index (χ1v) is 5.70. The van der Waals surface area contributed by atoms with Crippen molar-refractivity contribution in [1.82, 2.24) is 0 Å². The third-order valence-corrected chi connectivity index (χ3v) is 2.23. The van der Waals surface area contributed by atoms with Crippen LogP contribution in [0.2, 0.25) is 0 Å². The van der Waals surface area contributed by atoms with Gasteiger partial charge in [-0.1, -0.05) is 48.8 Å². The number of rotatable bonds is 7. The van der Waals surface area contributed by atoms with Crippen LogP contribution in [0.1, 0.15) is 25.3 Å². The van der Waals surface area contributed by atoms with Crippen LogP contribution >= 0.6 is 0 Å². The molecule has 1 aromatic rings. The van der Waals surface area contributed by atoms with Crippen LogP contribution < -0.4 is 0 Å². The number of hydrogen-bond donors (Lipinski definition) is 1. The zero-order valence-corrected chi connectivity index (χ0v) is 9.93. The minimum atomic E-state index is -1.04. The SMILES string of the molecule is CCCCO/N=C(\Cc1ccccc1)C(=O)O. The minimum absolute atomic E-state index is 0.0345. The first-order chi connectivity index (χ1) is 8.24. The van der Waals surface area contributed by atoms with E-state index in [0.717, 1.165) is 18.4 Å². The van der Waals surface area contributed by atoms with Crippen molar-refractivity contribution in [2.24, 2.45) is 5.16 Å². The number of carboxylic acid groups (broad SMARTS) is 1. The molecule has 4 nitrogen and oxygen atoms in total. The summed E-state index contributed by atoms with van der Waals surface area (Å²) in [6.45, 7) is 2.50. The molecule has 0 aliphatic heterocycles. The summed E-state index contributed by atoms with van der Waals surface area (Å²) in [4.78, 5) is 15.9. The van der Waals surface area contributed by atoms with Crippen molar-refractivity contribution >= 4 is 11.7 Å². The maximum atomic E-state index is 11.0. The van der Waals surface area contributed by atoms with Gasteiger partial charge < -0.3 is 9.94 Å². The Morgan fingerprint density at radius 3 is 2.65 bits per heavy atom. The molecule has 0 aliphatic rings. The van der Waals surface area contributed by atoms with Gasteiger partial charge in [0.05, 0.1) is 0 Å². The van der Waals surface area contributed by atoms with Crippen LogP contribution in [-0.2, 0) is 16.1 Å². The van der Waals surface area contributed by atoms with Gasteiger partial charge >= 0.3 is 5.97 Å². The highest BCUT2D eigenvalue weighted by Gasteiger charge is 2.11. The van der Waals surface area contributed by atoms with Crippen LogP contribution in [0.3, 0.4) is 0 Å². The van der Waals surface area contributed by atoms with E-state index in [9.17, 15) is 4.79 Å². The zero-order chi connectivity index (χ0) is 12.5. The molecule has 0 aromatic heterocycles. The summed E-state index contributed by atoms with van der Waals surface area (Å²) in [5.41, 5.74) is 0.944. The summed E-state index contributed by atoms with van der Waals surface area (Å²) in [6, 6.07) is 9.35. The van der Waals surface area contributed by atoms with Gasteiger partial charge in [-0.05, 0) is 12.0 Å². The topological polar surface area (TPSA) is 58.9 Å². The molecule has 4 heteroatoms. The van der Waals surface area contributed by atoms with Gasteiger partial charge in [-0.15, -0.1) is 0 Å². The Hall–Kier alpha value is -1.84. The van der Waals surface area contributed by atoms with Gasteiger partial charge in [-0.2, -0.15) is 0 Å². The van der Waals surface area contributed by atoms with Gasteiger partial charge in [-0.3, -0.25) is 0 Å². The van der Waals surface area contributed by atoms with Gasteiger partial charge in [0, 0.05) is 6.42 Å². The molecular formula is C13H17NO3. The summed E-state index contributed by atoms with van der Waals surface area (Å²) < 4.78 is 0. The summed E-state index contributed by atoms with van der Waals surface area (Å²) in [5, 5.41) is 12.7. The lowest BCUT2D eigenvalue weighted by Crippen LogP contribution is -2.16. The van der Waals surface area contributed by atoms with Crippen LogP contribution in [0.5, 0.6) is 0 Å². The molecule has 0 fully saturated rings. The second kappa shape index (κ2) is 7.44. The van der Waals surface area contributed by atoms with Crippen LogP contribution in [0.4, 0.5) is 0 Å². The first kappa shape index (κ1) is 13.2. The van der Waals surface area contributed by atoms with Crippen molar-refractivity contribution in [2.75, 3.05) is 6.61 Å². The molecule has 0 saturated heterocycles. The Kier molecular flexibility index (Phi) is 5.79. The lowest BCUT2D eigenvalue weighted by atomic mass is 10.1. The van der Waals surface area contributed by atoms with E-state index >= 15 is 0 Å². The molecule has 0 atom stereocenters. The van der Waals surface area contributed by atoms with Gasteiger partial charge in [0.15, 0.2) is 5.71 Å². The van der Waals surface area contributed by atoms with Crippen LogP contribution in [0, 0.1) is 0 Å². The Balaban J connectivity index is 2.57. The number of carboxylic acids is 1. The zero-order valence-electron chi connectivity index (χ0n) is 9.93. The van der Waals surface area contributed by atoms with Crippen LogP contribution in [0.25, 0.3) is 0 Å². The van der Waals surface area contributed by atoms with Gasteiger partial charge in [0.25, 0.3) is 0 Å². The number of benzene rings is 1. The number of oxime groups is 1. The van der Waals surface area contributed by atoms with E-state index in [4.69, 9.17) is 9.94 Å². The highest BCUT2D eigenvalue weighted by Crippen LogP contribution is 2.02. The highest BCUT2D eigenvalue weighted by molar-refractivity contribution is 6.35. The van der Waals surface area contributed by atoms with Crippen LogP contribution in [-0.4, -0.2) is 23.4 Å². The van der Waals surface area contributed by atoms with E-state index in [0.29, 0.717) is 6.61 Å². The van der Waals surface area contributed by atoms with Gasteiger partial charge in [-0.25, -0.2) is 4.79 Å². The number of hydrogen-bond acceptors (Lipinski definition) is 3. The normalized spacial score (nSPS) is 11.2. The van der Waals surface area contributed by atoms with E-state index in [1.807, 2.05) is 37.3 Å². The smallest absolute Gasteiger partial charge is 0.354 e. The van der Waals surface area contributed by atoms with E-state index in [1.54, 1.807) is 0 Å². The maximum Gasteiger partial charge on any atom is 0.354 e. The average molecular weight is 235 g/mol. The molecule has 1 rings (SSSR count). The molecule has 17 heavy (non-hydrogen) atoms. The van der Waals surface area contributed by atoms with Gasteiger partial charge in [0.2, 0.25) is 0 Å². The molecule has 0 unspecified atom stereocenters. The summed E-state index contributed by atoms with van der Waals surface area (Å²) in [5.74, 6) is -1.04.